The molecule has 0 aromatic heterocycles. The lowest BCUT2D eigenvalue weighted by molar-refractivity contribution is 0.174. The van der Waals surface area contributed by atoms with E-state index in [0.29, 0.717) is 12.2 Å². The van der Waals surface area contributed by atoms with Crippen molar-refractivity contribution in [1.29, 1.82) is 0 Å². The van der Waals surface area contributed by atoms with E-state index >= 15 is 0 Å². The monoisotopic (exact) mass is 377 g/mol. The molecule has 0 N–H and O–H groups in total. The molecule has 0 spiro atoms. The number of likely N-dealkylation sites (N-methyl/N-ethyl adjacent to an activating group) is 1. The van der Waals surface area contributed by atoms with Gasteiger partial charge in [0.05, 0.1) is 0 Å². The van der Waals surface area contributed by atoms with Gasteiger partial charge in [0.15, 0.2) is 11.5 Å². The van der Waals surface area contributed by atoms with Gasteiger partial charge < -0.3 is 18.7 Å². The van der Waals surface area contributed by atoms with Gasteiger partial charge in [-0.15, -0.1) is 0 Å². The molecule has 1 heterocycles. The summed E-state index contributed by atoms with van der Waals surface area (Å²) in [6, 6.07) is 15.0. The number of benzene rings is 2. The zero-order valence-electron chi connectivity index (χ0n) is 15.3. The first kappa shape index (κ1) is 18.8. The summed E-state index contributed by atoms with van der Waals surface area (Å²) < 4.78 is 37.0. The summed E-state index contributed by atoms with van der Waals surface area (Å²) in [6.45, 7) is 2.27. The van der Waals surface area contributed by atoms with Crippen molar-refractivity contribution in [2.24, 2.45) is 0 Å². The average molecular weight is 377 g/mol. The molecule has 1 aliphatic rings. The molecule has 0 radical (unpaired) electrons. The molecule has 0 amide bonds. The van der Waals surface area contributed by atoms with Crippen LogP contribution >= 0.6 is 7.52 Å². The second kappa shape index (κ2) is 8.12. The van der Waals surface area contributed by atoms with E-state index in [0.717, 1.165) is 17.1 Å². The van der Waals surface area contributed by atoms with Crippen molar-refractivity contribution in [3.8, 4) is 17.2 Å². The number of hydrogen-bond acceptors (Lipinski definition) is 5. The minimum Gasteiger partial charge on any atom is -0.454 e. The van der Waals surface area contributed by atoms with Crippen molar-refractivity contribution in [3.05, 3.63) is 54.1 Å². The number of ether oxygens (including phenoxy) is 3. The summed E-state index contributed by atoms with van der Waals surface area (Å²) in [5.41, 5.74) is 1.08. The van der Waals surface area contributed by atoms with E-state index in [1.54, 1.807) is 23.9 Å². The third kappa shape index (κ3) is 4.21. The first-order valence-corrected chi connectivity index (χ1v) is 10.2. The summed E-state index contributed by atoms with van der Waals surface area (Å²) >= 11 is 0. The highest BCUT2D eigenvalue weighted by Gasteiger charge is 2.34. The minimum atomic E-state index is -3.19. The first-order valence-electron chi connectivity index (χ1n) is 8.46. The second-order valence-corrected chi connectivity index (χ2v) is 8.62. The quantitative estimate of drug-likeness (QED) is 0.644. The normalized spacial score (nSPS) is 16.3. The van der Waals surface area contributed by atoms with Crippen molar-refractivity contribution in [1.82, 2.24) is 4.67 Å². The van der Waals surface area contributed by atoms with Crippen LogP contribution < -0.4 is 14.0 Å². The van der Waals surface area contributed by atoms with Gasteiger partial charge in [0.1, 0.15) is 12.1 Å². The Labute approximate surface area is 154 Å². The zero-order chi connectivity index (χ0) is 18.6. The Morgan fingerprint density at radius 2 is 1.88 bits per heavy atom. The van der Waals surface area contributed by atoms with E-state index in [1.165, 1.54) is 7.11 Å². The average Bonchev–Trinajstić information content (AvgIpc) is 3.09. The Bertz CT molecular complexity index is 783. The lowest BCUT2D eigenvalue weighted by Gasteiger charge is -2.32. The minimum absolute atomic E-state index is 0.0177. The highest BCUT2D eigenvalue weighted by atomic mass is 31.2. The molecule has 26 heavy (non-hydrogen) atoms. The van der Waals surface area contributed by atoms with Gasteiger partial charge in [0.2, 0.25) is 6.79 Å². The molecule has 6 nitrogen and oxygen atoms in total. The third-order valence-corrected chi connectivity index (χ3v) is 6.81. The van der Waals surface area contributed by atoms with E-state index in [4.69, 9.17) is 18.7 Å². The van der Waals surface area contributed by atoms with Crippen LogP contribution in [-0.2, 0) is 15.7 Å². The maximum absolute atomic E-state index is 13.4. The largest absolute Gasteiger partial charge is 0.454 e. The molecule has 0 aliphatic carbocycles. The molecule has 7 heteroatoms. The molecular formula is C19H24NO5P. The Morgan fingerprint density at radius 3 is 2.62 bits per heavy atom. The number of hydrogen-bond donors (Lipinski definition) is 0. The second-order valence-electron chi connectivity index (χ2n) is 6.27. The van der Waals surface area contributed by atoms with Crippen LogP contribution in [0.4, 0.5) is 0 Å². The molecule has 2 aromatic carbocycles. The fraction of sp³-hybridized carbons (Fsp3) is 0.368. The summed E-state index contributed by atoms with van der Waals surface area (Å²) in [4.78, 5) is 0. The van der Waals surface area contributed by atoms with Gasteiger partial charge in [-0.3, -0.25) is 4.57 Å². The van der Waals surface area contributed by atoms with E-state index in [-0.39, 0.29) is 19.2 Å². The molecule has 0 saturated carbocycles. The summed E-state index contributed by atoms with van der Waals surface area (Å²) in [5.74, 6) is 2.07. The van der Waals surface area contributed by atoms with E-state index in [2.05, 4.69) is 0 Å². The van der Waals surface area contributed by atoms with Crippen LogP contribution in [0.15, 0.2) is 48.5 Å². The predicted octanol–water partition coefficient (Wildman–Crippen LogP) is 4.15. The van der Waals surface area contributed by atoms with E-state index < -0.39 is 7.52 Å². The molecule has 1 unspecified atom stereocenters. The molecule has 3 rings (SSSR count). The maximum Gasteiger partial charge on any atom is 0.344 e. The van der Waals surface area contributed by atoms with Crippen LogP contribution in [0, 0.1) is 0 Å². The molecule has 2 atom stereocenters. The maximum atomic E-state index is 13.4. The van der Waals surface area contributed by atoms with Gasteiger partial charge in [-0.05, 0) is 50.2 Å². The van der Waals surface area contributed by atoms with E-state index in [9.17, 15) is 4.57 Å². The lowest BCUT2D eigenvalue weighted by Crippen LogP contribution is -2.31. The lowest BCUT2D eigenvalue weighted by atomic mass is 10.1. The number of methoxy groups -OCH3 is 1. The molecule has 0 bridgehead atoms. The fourth-order valence-electron chi connectivity index (χ4n) is 2.83. The van der Waals surface area contributed by atoms with Gasteiger partial charge in [0, 0.05) is 13.2 Å². The number of rotatable bonds is 8. The van der Waals surface area contributed by atoms with Crippen LogP contribution in [0.2, 0.25) is 0 Å². The summed E-state index contributed by atoms with van der Waals surface area (Å²) in [7, 11) is 0.145. The van der Waals surface area contributed by atoms with Crippen molar-refractivity contribution in [2.45, 2.75) is 19.4 Å². The first-order chi connectivity index (χ1) is 12.5. The van der Waals surface area contributed by atoms with Crippen molar-refractivity contribution >= 4 is 7.52 Å². The highest BCUT2D eigenvalue weighted by molar-refractivity contribution is 7.56. The number of fused-ring (bicyclic) bond motifs is 1. The molecule has 0 saturated heterocycles. The van der Waals surface area contributed by atoms with Gasteiger partial charge in [0.25, 0.3) is 0 Å². The smallest absolute Gasteiger partial charge is 0.344 e. The number of nitrogens with zero attached hydrogens (tertiary/aromatic N) is 1. The fourth-order valence-corrected chi connectivity index (χ4v) is 4.66. The Balaban J connectivity index is 1.73. The van der Waals surface area contributed by atoms with Gasteiger partial charge in [-0.2, -0.15) is 0 Å². The molecule has 140 valence electrons. The van der Waals surface area contributed by atoms with Gasteiger partial charge in [-0.25, -0.2) is 4.67 Å². The van der Waals surface area contributed by atoms with E-state index in [1.807, 2.05) is 43.3 Å². The molecule has 2 aromatic rings. The SMILES string of the molecule is COCP(=O)(Oc1ccccc1)N(C)[C@H](C)Cc1ccc2c(c1)OCO2. The zero-order valence-corrected chi connectivity index (χ0v) is 16.1. The Hall–Kier alpha value is -2.01. The standard InChI is InChI=1S/C19H24NO5P/c1-15(11-16-9-10-18-19(12-16)24-13-23-18)20(2)26(21,14-22-3)25-17-7-5-4-6-8-17/h4-10,12,15H,11,13-14H2,1-3H3/t15-,26?/m1/s1. The van der Waals surface area contributed by atoms with Crippen LogP contribution in [0.25, 0.3) is 0 Å². The topological polar surface area (TPSA) is 57.2 Å². The van der Waals surface area contributed by atoms with Crippen molar-refractivity contribution < 1.29 is 23.3 Å². The van der Waals surface area contributed by atoms with Crippen molar-refractivity contribution in [3.63, 3.8) is 0 Å². The number of para-hydroxylation sites is 1. The summed E-state index contributed by atoms with van der Waals surface area (Å²) in [6.07, 6.45) is 0.711. The molecule has 0 fully saturated rings. The van der Waals surface area contributed by atoms with Crippen LogP contribution in [0.1, 0.15) is 12.5 Å². The third-order valence-electron chi connectivity index (χ3n) is 4.37. The van der Waals surface area contributed by atoms with Gasteiger partial charge >= 0.3 is 7.52 Å². The van der Waals surface area contributed by atoms with Gasteiger partial charge in [-0.1, -0.05) is 24.3 Å². The van der Waals surface area contributed by atoms with Crippen LogP contribution in [0.3, 0.4) is 0 Å². The molecular weight excluding hydrogens is 353 g/mol. The Morgan fingerprint density at radius 1 is 1.15 bits per heavy atom. The van der Waals surface area contributed by atoms with Crippen LogP contribution in [-0.4, -0.2) is 38.0 Å². The summed E-state index contributed by atoms with van der Waals surface area (Å²) in [5, 5.41) is 0. The van der Waals surface area contributed by atoms with Crippen molar-refractivity contribution in [2.75, 3.05) is 27.3 Å². The highest BCUT2D eigenvalue weighted by Crippen LogP contribution is 2.51. The predicted molar refractivity (Wildman–Crippen MR) is 100 cm³/mol. The van der Waals surface area contributed by atoms with Crippen LogP contribution in [0.5, 0.6) is 17.2 Å². The molecule has 1 aliphatic heterocycles. The Kier molecular flexibility index (Phi) is 5.87.